The minimum Gasteiger partial charge on any atom is -0.346 e. The van der Waals surface area contributed by atoms with Crippen molar-refractivity contribution in [2.24, 2.45) is 0 Å². The first-order valence-corrected chi connectivity index (χ1v) is 7.03. The van der Waals surface area contributed by atoms with E-state index in [0.717, 1.165) is 23.2 Å². The molecule has 2 aromatic rings. The Kier molecular flexibility index (Phi) is 4.44. The fraction of sp³-hybridized carbons (Fsp3) is 0.286. The number of carbonyl (C=O) groups is 1. The van der Waals surface area contributed by atoms with Crippen LogP contribution in [-0.2, 0) is 6.54 Å². The average Bonchev–Trinajstić information content (AvgIpc) is 2.88. The largest absolute Gasteiger partial charge is 0.346 e. The molecule has 0 radical (unpaired) electrons. The number of amides is 1. The van der Waals surface area contributed by atoms with Crippen molar-refractivity contribution in [3.8, 4) is 0 Å². The van der Waals surface area contributed by atoms with Crippen molar-refractivity contribution in [1.82, 2.24) is 10.3 Å². The van der Waals surface area contributed by atoms with Crippen molar-refractivity contribution in [2.75, 3.05) is 0 Å². The number of rotatable bonds is 4. The van der Waals surface area contributed by atoms with Crippen LogP contribution in [0.25, 0.3) is 0 Å². The maximum Gasteiger partial charge on any atom is 0.254 e. The first kappa shape index (κ1) is 14.6. The summed E-state index contributed by atoms with van der Waals surface area (Å²) in [6.45, 7) is 4.25. The molecule has 0 saturated heterocycles. The number of thiazole rings is 1. The molecule has 2 rings (SSSR count). The SMILES string of the molecule is CC(C)c1nc(CNC(=O)c2cc(F)ccc2F)cs1. The molecule has 106 valence electrons. The lowest BCUT2D eigenvalue weighted by Gasteiger charge is -2.05. The van der Waals surface area contributed by atoms with Crippen molar-refractivity contribution in [3.63, 3.8) is 0 Å². The van der Waals surface area contributed by atoms with Crippen molar-refractivity contribution in [1.29, 1.82) is 0 Å². The summed E-state index contributed by atoms with van der Waals surface area (Å²) in [6, 6.07) is 2.79. The van der Waals surface area contributed by atoms with Crippen LogP contribution in [0, 0.1) is 11.6 Å². The molecule has 3 nitrogen and oxygen atoms in total. The number of aromatic nitrogens is 1. The lowest BCUT2D eigenvalue weighted by Crippen LogP contribution is -2.24. The first-order chi connectivity index (χ1) is 9.47. The van der Waals surface area contributed by atoms with Gasteiger partial charge in [0.25, 0.3) is 5.91 Å². The van der Waals surface area contributed by atoms with Gasteiger partial charge in [-0.05, 0) is 18.2 Å². The minimum absolute atomic E-state index is 0.192. The molecule has 0 aliphatic rings. The van der Waals surface area contributed by atoms with Crippen LogP contribution in [-0.4, -0.2) is 10.9 Å². The standard InChI is InChI=1S/C14H14F2N2OS/c1-8(2)14-18-10(7-20-14)6-17-13(19)11-5-9(15)3-4-12(11)16/h3-5,7-8H,6H2,1-2H3,(H,17,19). The van der Waals surface area contributed by atoms with E-state index in [2.05, 4.69) is 10.3 Å². The fourth-order valence-electron chi connectivity index (χ4n) is 1.61. The second-order valence-corrected chi connectivity index (χ2v) is 5.53. The quantitative estimate of drug-likeness (QED) is 0.938. The molecule has 1 amide bonds. The first-order valence-electron chi connectivity index (χ1n) is 6.15. The Hall–Kier alpha value is -1.82. The van der Waals surface area contributed by atoms with Gasteiger partial charge in [-0.2, -0.15) is 0 Å². The van der Waals surface area contributed by atoms with E-state index in [9.17, 15) is 13.6 Å². The summed E-state index contributed by atoms with van der Waals surface area (Å²) in [6.07, 6.45) is 0. The van der Waals surface area contributed by atoms with Crippen LogP contribution < -0.4 is 5.32 Å². The molecule has 1 N–H and O–H groups in total. The molecule has 0 atom stereocenters. The third kappa shape index (κ3) is 3.39. The van der Waals surface area contributed by atoms with Crippen molar-refractivity contribution in [2.45, 2.75) is 26.3 Å². The van der Waals surface area contributed by atoms with Crippen LogP contribution in [0.15, 0.2) is 23.6 Å². The molecular formula is C14H14F2N2OS. The summed E-state index contributed by atoms with van der Waals surface area (Å²) in [5.74, 6) is -1.72. The van der Waals surface area contributed by atoms with Crippen LogP contribution in [0.5, 0.6) is 0 Å². The summed E-state index contributed by atoms with van der Waals surface area (Å²) in [5.41, 5.74) is 0.410. The maximum atomic E-state index is 13.4. The molecule has 0 aliphatic heterocycles. The van der Waals surface area contributed by atoms with Gasteiger partial charge in [0.2, 0.25) is 0 Å². The number of nitrogens with zero attached hydrogens (tertiary/aromatic N) is 1. The van der Waals surface area contributed by atoms with Crippen LogP contribution in [0.4, 0.5) is 8.78 Å². The molecule has 0 bridgehead atoms. The summed E-state index contributed by atoms with van der Waals surface area (Å²) < 4.78 is 26.4. The highest BCUT2D eigenvalue weighted by molar-refractivity contribution is 7.09. The number of nitrogens with one attached hydrogen (secondary N) is 1. The Balaban J connectivity index is 2.02. The summed E-state index contributed by atoms with van der Waals surface area (Å²) in [7, 11) is 0. The molecular weight excluding hydrogens is 282 g/mol. The molecule has 1 heterocycles. The van der Waals surface area contributed by atoms with Crippen LogP contribution in [0.2, 0.25) is 0 Å². The fourth-order valence-corrected chi connectivity index (χ4v) is 2.44. The second-order valence-electron chi connectivity index (χ2n) is 4.64. The monoisotopic (exact) mass is 296 g/mol. The normalized spacial score (nSPS) is 10.8. The highest BCUT2D eigenvalue weighted by atomic mass is 32.1. The van der Waals surface area contributed by atoms with Gasteiger partial charge in [-0.15, -0.1) is 11.3 Å². The molecule has 0 spiro atoms. The number of halogens is 2. The van der Waals surface area contributed by atoms with E-state index in [1.165, 1.54) is 11.3 Å². The van der Waals surface area contributed by atoms with Crippen LogP contribution in [0.3, 0.4) is 0 Å². The molecule has 0 unspecified atom stereocenters. The molecule has 0 saturated carbocycles. The van der Waals surface area contributed by atoms with Gasteiger partial charge in [0.1, 0.15) is 11.6 Å². The van der Waals surface area contributed by atoms with E-state index in [0.29, 0.717) is 11.6 Å². The van der Waals surface area contributed by atoms with Crippen molar-refractivity contribution in [3.05, 3.63) is 51.5 Å². The van der Waals surface area contributed by atoms with Gasteiger partial charge >= 0.3 is 0 Å². The topological polar surface area (TPSA) is 42.0 Å². The lowest BCUT2D eigenvalue weighted by molar-refractivity contribution is 0.0946. The van der Waals surface area contributed by atoms with E-state index in [4.69, 9.17) is 0 Å². The Morgan fingerprint density at radius 1 is 1.40 bits per heavy atom. The average molecular weight is 296 g/mol. The number of carbonyl (C=O) groups excluding carboxylic acids is 1. The van der Waals surface area contributed by atoms with Gasteiger partial charge in [-0.25, -0.2) is 13.8 Å². The van der Waals surface area contributed by atoms with Crippen LogP contribution in [0.1, 0.15) is 40.8 Å². The van der Waals surface area contributed by atoms with E-state index in [1.54, 1.807) is 0 Å². The summed E-state index contributed by atoms with van der Waals surface area (Å²) in [4.78, 5) is 16.1. The van der Waals surface area contributed by atoms with Crippen molar-refractivity contribution < 1.29 is 13.6 Å². The van der Waals surface area contributed by atoms with Gasteiger partial charge in [0, 0.05) is 11.3 Å². The van der Waals surface area contributed by atoms with E-state index in [-0.39, 0.29) is 12.1 Å². The van der Waals surface area contributed by atoms with Crippen LogP contribution >= 0.6 is 11.3 Å². The molecule has 0 aliphatic carbocycles. The van der Waals surface area contributed by atoms with Gasteiger partial charge < -0.3 is 5.32 Å². The van der Waals surface area contributed by atoms with Gasteiger partial charge in [-0.3, -0.25) is 4.79 Å². The van der Waals surface area contributed by atoms with E-state index >= 15 is 0 Å². The Morgan fingerprint density at radius 2 is 2.15 bits per heavy atom. The zero-order valence-corrected chi connectivity index (χ0v) is 11.9. The van der Waals surface area contributed by atoms with Gasteiger partial charge in [0.05, 0.1) is 22.8 Å². The van der Waals surface area contributed by atoms with Gasteiger partial charge in [0.15, 0.2) is 0 Å². The third-order valence-corrected chi connectivity index (χ3v) is 3.86. The predicted molar refractivity (Wildman–Crippen MR) is 73.7 cm³/mol. The third-order valence-electron chi connectivity index (χ3n) is 2.67. The molecule has 0 fully saturated rings. The van der Waals surface area contributed by atoms with E-state index in [1.807, 2.05) is 19.2 Å². The minimum atomic E-state index is -0.745. The Morgan fingerprint density at radius 3 is 2.80 bits per heavy atom. The zero-order chi connectivity index (χ0) is 14.7. The molecule has 20 heavy (non-hydrogen) atoms. The zero-order valence-electron chi connectivity index (χ0n) is 11.1. The second kappa shape index (κ2) is 6.09. The van der Waals surface area contributed by atoms with Gasteiger partial charge in [-0.1, -0.05) is 13.8 Å². The predicted octanol–water partition coefficient (Wildman–Crippen LogP) is 3.47. The van der Waals surface area contributed by atoms with Crippen molar-refractivity contribution >= 4 is 17.2 Å². The smallest absolute Gasteiger partial charge is 0.254 e. The number of hydrogen-bond donors (Lipinski definition) is 1. The number of benzene rings is 1. The Labute approximate surface area is 119 Å². The summed E-state index contributed by atoms with van der Waals surface area (Å²) in [5, 5.41) is 5.36. The molecule has 1 aromatic carbocycles. The number of hydrogen-bond acceptors (Lipinski definition) is 3. The summed E-state index contributed by atoms with van der Waals surface area (Å²) >= 11 is 1.51. The molecule has 1 aromatic heterocycles. The highest BCUT2D eigenvalue weighted by Gasteiger charge is 2.13. The highest BCUT2D eigenvalue weighted by Crippen LogP contribution is 2.19. The molecule has 6 heteroatoms. The maximum absolute atomic E-state index is 13.4. The lowest BCUT2D eigenvalue weighted by atomic mass is 10.2. The van der Waals surface area contributed by atoms with E-state index < -0.39 is 17.5 Å². The Bertz CT molecular complexity index is 625.